The van der Waals surface area contributed by atoms with Crippen LogP contribution in [0.3, 0.4) is 0 Å². The Morgan fingerprint density at radius 3 is 1.47 bits per heavy atom. The lowest BCUT2D eigenvalue weighted by molar-refractivity contribution is -0.132. The molecule has 47 heavy (non-hydrogen) atoms. The average molecular weight is 668 g/mol. The van der Waals surface area contributed by atoms with Gasteiger partial charge in [-0.2, -0.15) is 0 Å². The van der Waals surface area contributed by atoms with Gasteiger partial charge >= 0.3 is 0 Å². The van der Waals surface area contributed by atoms with Gasteiger partial charge in [-0.25, -0.2) is 0 Å². The first-order valence-corrected chi connectivity index (χ1v) is 20.5. The van der Waals surface area contributed by atoms with Crippen molar-refractivity contribution in [3.05, 3.63) is 12.2 Å². The summed E-state index contributed by atoms with van der Waals surface area (Å²) in [5, 5.41) is 43.5. The molecule has 0 spiro atoms. The van der Waals surface area contributed by atoms with Gasteiger partial charge in [-0.15, -0.1) is 0 Å². The van der Waals surface area contributed by atoms with Crippen molar-refractivity contribution in [1.29, 1.82) is 0 Å². The van der Waals surface area contributed by atoms with Crippen molar-refractivity contribution in [2.45, 2.75) is 231 Å². The minimum Gasteiger partial charge on any atom is -0.394 e. The fourth-order valence-electron chi connectivity index (χ4n) is 6.33. The van der Waals surface area contributed by atoms with Crippen LogP contribution < -0.4 is 5.32 Å². The molecule has 0 bridgehead atoms. The standard InChI is InChI=1S/C41H81NO5/c1-4-6-7-8-9-10-11-12-13-14-15-16-17-18-21-25-28-31-34-39(45)41(47)42-37(35-43)40(46)38(44)33-30-27-24-22-19-20-23-26-29-32-36(3)5-2/h28,31,36-40,43-46H,4-27,29-30,32-35H2,1-3H3,(H,42,47). The summed E-state index contributed by atoms with van der Waals surface area (Å²) in [5.41, 5.74) is 0. The molecule has 0 aliphatic carbocycles. The Kier molecular flexibility index (Phi) is 34.2. The predicted molar refractivity (Wildman–Crippen MR) is 201 cm³/mol. The minimum absolute atomic E-state index is 0.194. The Morgan fingerprint density at radius 1 is 0.596 bits per heavy atom. The number of allylic oxidation sites excluding steroid dienone is 1. The lowest BCUT2D eigenvalue weighted by Crippen LogP contribution is -2.53. The fourth-order valence-corrected chi connectivity index (χ4v) is 6.33. The number of aliphatic hydroxyl groups is 4. The highest BCUT2D eigenvalue weighted by atomic mass is 16.3. The van der Waals surface area contributed by atoms with E-state index in [0.29, 0.717) is 6.42 Å². The second-order valence-electron chi connectivity index (χ2n) is 14.6. The zero-order valence-electron chi connectivity index (χ0n) is 31.5. The summed E-state index contributed by atoms with van der Waals surface area (Å²) >= 11 is 0. The molecule has 0 saturated heterocycles. The summed E-state index contributed by atoms with van der Waals surface area (Å²) < 4.78 is 0. The Bertz CT molecular complexity index is 687. The lowest BCUT2D eigenvalue weighted by atomic mass is 9.98. The number of hydrogen-bond donors (Lipinski definition) is 5. The number of carbonyl (C=O) groups is 1. The van der Waals surface area contributed by atoms with Gasteiger partial charge in [0.05, 0.1) is 18.8 Å². The number of aliphatic hydroxyl groups excluding tert-OH is 4. The van der Waals surface area contributed by atoms with Crippen molar-refractivity contribution in [2.75, 3.05) is 6.61 Å². The molecule has 0 aromatic carbocycles. The van der Waals surface area contributed by atoms with E-state index in [4.69, 9.17) is 0 Å². The molecule has 0 heterocycles. The first kappa shape index (κ1) is 46.0. The second kappa shape index (κ2) is 34.9. The zero-order chi connectivity index (χ0) is 34.8. The Labute approximate surface area is 292 Å². The van der Waals surface area contributed by atoms with Gasteiger partial charge in [-0.05, 0) is 25.2 Å². The minimum atomic E-state index is -1.27. The predicted octanol–water partition coefficient (Wildman–Crippen LogP) is 10.1. The lowest BCUT2D eigenvalue weighted by Gasteiger charge is -2.27. The van der Waals surface area contributed by atoms with Crippen molar-refractivity contribution in [3.8, 4) is 0 Å². The summed E-state index contributed by atoms with van der Waals surface area (Å²) in [6.07, 6.45) is 35.3. The fraction of sp³-hybridized carbons (Fsp3) is 0.927. The molecule has 6 heteroatoms. The molecule has 0 rings (SSSR count). The van der Waals surface area contributed by atoms with E-state index in [1.54, 1.807) is 0 Å². The van der Waals surface area contributed by atoms with Crippen LogP contribution in [0.5, 0.6) is 0 Å². The van der Waals surface area contributed by atoms with Crippen molar-refractivity contribution in [3.63, 3.8) is 0 Å². The van der Waals surface area contributed by atoms with E-state index in [2.05, 4.69) is 26.1 Å². The molecule has 0 aliphatic heterocycles. The third kappa shape index (κ3) is 29.7. The van der Waals surface area contributed by atoms with Crippen molar-refractivity contribution in [2.24, 2.45) is 5.92 Å². The van der Waals surface area contributed by atoms with Crippen molar-refractivity contribution >= 4 is 5.91 Å². The first-order chi connectivity index (χ1) is 22.9. The van der Waals surface area contributed by atoms with Crippen LogP contribution in [-0.2, 0) is 4.79 Å². The van der Waals surface area contributed by atoms with Gasteiger partial charge in [0.15, 0.2) is 0 Å². The zero-order valence-corrected chi connectivity index (χ0v) is 31.5. The number of hydrogen-bond acceptors (Lipinski definition) is 5. The highest BCUT2D eigenvalue weighted by Gasteiger charge is 2.28. The van der Waals surface area contributed by atoms with E-state index in [1.807, 2.05) is 12.2 Å². The topological polar surface area (TPSA) is 110 Å². The summed E-state index contributed by atoms with van der Waals surface area (Å²) in [5.74, 6) is 0.219. The molecule has 6 nitrogen and oxygen atoms in total. The maximum Gasteiger partial charge on any atom is 0.249 e. The third-order valence-electron chi connectivity index (χ3n) is 10.0. The van der Waals surface area contributed by atoms with Gasteiger partial charge in [-0.3, -0.25) is 4.79 Å². The monoisotopic (exact) mass is 668 g/mol. The summed E-state index contributed by atoms with van der Waals surface area (Å²) in [4.78, 5) is 12.4. The van der Waals surface area contributed by atoms with E-state index in [1.165, 1.54) is 141 Å². The van der Waals surface area contributed by atoms with Crippen LogP contribution >= 0.6 is 0 Å². The van der Waals surface area contributed by atoms with Crippen LogP contribution in [-0.4, -0.2) is 57.3 Å². The third-order valence-corrected chi connectivity index (χ3v) is 10.0. The van der Waals surface area contributed by atoms with Crippen LogP contribution in [0.2, 0.25) is 0 Å². The van der Waals surface area contributed by atoms with E-state index in [9.17, 15) is 25.2 Å². The molecule has 5 unspecified atom stereocenters. The molecule has 0 aromatic rings. The Hall–Kier alpha value is -0.950. The van der Waals surface area contributed by atoms with Gasteiger partial charge in [-0.1, -0.05) is 193 Å². The Morgan fingerprint density at radius 2 is 1.02 bits per heavy atom. The summed E-state index contributed by atoms with van der Waals surface area (Å²) in [7, 11) is 0. The molecule has 5 atom stereocenters. The van der Waals surface area contributed by atoms with Gasteiger partial charge in [0.1, 0.15) is 12.2 Å². The van der Waals surface area contributed by atoms with Gasteiger partial charge in [0, 0.05) is 6.42 Å². The van der Waals surface area contributed by atoms with E-state index in [0.717, 1.165) is 38.0 Å². The largest absolute Gasteiger partial charge is 0.394 e. The van der Waals surface area contributed by atoms with Gasteiger partial charge < -0.3 is 25.7 Å². The first-order valence-electron chi connectivity index (χ1n) is 20.5. The highest BCUT2D eigenvalue weighted by molar-refractivity contribution is 5.81. The summed E-state index contributed by atoms with van der Waals surface area (Å²) in [6, 6.07) is -1.00. The molecule has 5 N–H and O–H groups in total. The van der Waals surface area contributed by atoms with Crippen LogP contribution in [0.1, 0.15) is 207 Å². The molecule has 1 amide bonds. The maximum absolute atomic E-state index is 12.4. The van der Waals surface area contributed by atoms with Gasteiger partial charge in [0.25, 0.3) is 0 Å². The molecule has 0 saturated carbocycles. The van der Waals surface area contributed by atoms with E-state index >= 15 is 0 Å². The molecular formula is C41H81NO5. The molecular weight excluding hydrogens is 586 g/mol. The quantitative estimate of drug-likeness (QED) is 0.0337. The van der Waals surface area contributed by atoms with Crippen LogP contribution in [0.25, 0.3) is 0 Å². The van der Waals surface area contributed by atoms with Crippen LogP contribution in [0, 0.1) is 5.92 Å². The van der Waals surface area contributed by atoms with Gasteiger partial charge in [0.2, 0.25) is 5.91 Å². The highest BCUT2D eigenvalue weighted by Crippen LogP contribution is 2.17. The van der Waals surface area contributed by atoms with Crippen LogP contribution in [0.15, 0.2) is 12.2 Å². The normalized spacial score (nSPS) is 15.1. The number of amides is 1. The number of unbranched alkanes of at least 4 members (excludes halogenated alkanes) is 23. The van der Waals surface area contributed by atoms with Crippen molar-refractivity contribution < 1.29 is 25.2 Å². The summed E-state index contributed by atoms with van der Waals surface area (Å²) in [6.45, 7) is 6.37. The Balaban J connectivity index is 3.81. The van der Waals surface area contributed by atoms with Crippen LogP contribution in [0.4, 0.5) is 0 Å². The molecule has 0 aliphatic rings. The molecule has 0 aromatic heterocycles. The smallest absolute Gasteiger partial charge is 0.249 e. The van der Waals surface area contributed by atoms with Crippen molar-refractivity contribution in [1.82, 2.24) is 5.32 Å². The second-order valence-corrected chi connectivity index (χ2v) is 14.6. The van der Waals surface area contributed by atoms with E-state index < -0.39 is 36.9 Å². The molecule has 0 radical (unpaired) electrons. The van der Waals surface area contributed by atoms with E-state index in [-0.39, 0.29) is 6.42 Å². The molecule has 0 fully saturated rings. The number of carbonyl (C=O) groups excluding carboxylic acids is 1. The maximum atomic E-state index is 12.4. The average Bonchev–Trinajstić information content (AvgIpc) is 3.08. The SMILES string of the molecule is CCCCCCCCCCCCCCCCCC=CCC(O)C(=O)NC(CO)C(O)C(O)CCCCCCCCCCCC(C)CC. The number of rotatable bonds is 36. The number of nitrogens with one attached hydrogen (secondary N) is 1. The molecule has 280 valence electrons.